The van der Waals surface area contributed by atoms with Gasteiger partial charge in [-0.3, -0.25) is 9.59 Å². The highest BCUT2D eigenvalue weighted by molar-refractivity contribution is 9.10. The van der Waals surface area contributed by atoms with Gasteiger partial charge in [-0.05, 0) is 45.8 Å². The molecule has 0 bridgehead atoms. The summed E-state index contributed by atoms with van der Waals surface area (Å²) in [5.41, 5.74) is 3.19. The standard InChI is InChI=1S/C15H12BrN3O3/c16-12-6-1-2-7-13(12)18-14(21)15(22)19-17-9-10-4-3-5-11(20)8-10/h1-9,20H,(H,18,21)(H,19,22). The largest absolute Gasteiger partial charge is 0.508 e. The van der Waals surface area contributed by atoms with Crippen molar-refractivity contribution in [3.63, 3.8) is 0 Å². The molecule has 2 amide bonds. The number of hydrogen-bond acceptors (Lipinski definition) is 4. The average Bonchev–Trinajstić information content (AvgIpc) is 2.49. The SMILES string of the molecule is O=C(NN=Cc1cccc(O)c1)C(=O)Nc1ccccc1Br. The number of phenols is 1. The van der Waals surface area contributed by atoms with Crippen LogP contribution in [0.4, 0.5) is 5.69 Å². The summed E-state index contributed by atoms with van der Waals surface area (Å²) in [5.74, 6) is -1.64. The van der Waals surface area contributed by atoms with E-state index in [9.17, 15) is 14.7 Å². The number of hydrazone groups is 1. The lowest BCUT2D eigenvalue weighted by Gasteiger charge is -2.05. The van der Waals surface area contributed by atoms with Gasteiger partial charge in [0.2, 0.25) is 0 Å². The van der Waals surface area contributed by atoms with Gasteiger partial charge in [0.05, 0.1) is 11.9 Å². The van der Waals surface area contributed by atoms with Crippen LogP contribution < -0.4 is 10.7 Å². The van der Waals surface area contributed by atoms with Crippen LogP contribution in [0.3, 0.4) is 0 Å². The molecule has 0 saturated heterocycles. The summed E-state index contributed by atoms with van der Waals surface area (Å²) in [6.07, 6.45) is 1.32. The number of nitrogens with zero attached hydrogens (tertiary/aromatic N) is 1. The summed E-state index contributed by atoms with van der Waals surface area (Å²) in [4.78, 5) is 23.3. The van der Waals surface area contributed by atoms with E-state index in [4.69, 9.17) is 0 Å². The molecule has 0 aliphatic carbocycles. The number of amides is 2. The van der Waals surface area contributed by atoms with Gasteiger partial charge >= 0.3 is 11.8 Å². The fourth-order valence-corrected chi connectivity index (χ4v) is 1.95. The van der Waals surface area contributed by atoms with E-state index < -0.39 is 11.8 Å². The molecule has 3 N–H and O–H groups in total. The van der Waals surface area contributed by atoms with Crippen LogP contribution in [0.5, 0.6) is 5.75 Å². The number of nitrogens with one attached hydrogen (secondary N) is 2. The second kappa shape index (κ2) is 7.37. The van der Waals surface area contributed by atoms with Gasteiger partial charge in [-0.2, -0.15) is 5.10 Å². The first-order chi connectivity index (χ1) is 10.6. The van der Waals surface area contributed by atoms with E-state index in [1.165, 1.54) is 18.3 Å². The van der Waals surface area contributed by atoms with Crippen molar-refractivity contribution < 1.29 is 14.7 Å². The Balaban J connectivity index is 1.92. The van der Waals surface area contributed by atoms with Crippen molar-refractivity contribution in [1.82, 2.24) is 5.43 Å². The van der Waals surface area contributed by atoms with Crippen LogP contribution in [0, 0.1) is 0 Å². The number of aromatic hydroxyl groups is 1. The van der Waals surface area contributed by atoms with Crippen molar-refractivity contribution in [3.8, 4) is 5.75 Å². The second-order valence-corrected chi connectivity index (χ2v) is 5.08. The van der Waals surface area contributed by atoms with Crippen molar-refractivity contribution >= 4 is 39.6 Å². The molecule has 0 saturated carbocycles. The van der Waals surface area contributed by atoms with E-state index in [0.29, 0.717) is 15.7 Å². The molecular weight excluding hydrogens is 350 g/mol. The van der Waals surface area contributed by atoms with Gasteiger partial charge in [0.15, 0.2) is 0 Å². The van der Waals surface area contributed by atoms with Gasteiger partial charge in [0, 0.05) is 4.47 Å². The van der Waals surface area contributed by atoms with Crippen molar-refractivity contribution in [2.24, 2.45) is 5.10 Å². The van der Waals surface area contributed by atoms with E-state index in [1.807, 2.05) is 0 Å². The molecule has 0 unspecified atom stereocenters. The van der Waals surface area contributed by atoms with E-state index in [1.54, 1.807) is 36.4 Å². The van der Waals surface area contributed by atoms with Crippen LogP contribution >= 0.6 is 15.9 Å². The molecule has 0 heterocycles. The molecule has 0 fully saturated rings. The Morgan fingerprint density at radius 2 is 1.86 bits per heavy atom. The van der Waals surface area contributed by atoms with Crippen molar-refractivity contribution in [1.29, 1.82) is 0 Å². The molecule has 2 rings (SSSR count). The normalized spacial score (nSPS) is 10.4. The molecule has 0 atom stereocenters. The third kappa shape index (κ3) is 4.42. The Kier molecular flexibility index (Phi) is 5.26. The third-order valence-corrected chi connectivity index (χ3v) is 3.27. The molecule has 112 valence electrons. The number of benzene rings is 2. The second-order valence-electron chi connectivity index (χ2n) is 4.23. The quantitative estimate of drug-likeness (QED) is 0.444. The summed E-state index contributed by atoms with van der Waals surface area (Å²) in [7, 11) is 0. The van der Waals surface area contributed by atoms with E-state index >= 15 is 0 Å². The smallest absolute Gasteiger partial charge is 0.329 e. The number of anilines is 1. The first-order valence-electron chi connectivity index (χ1n) is 6.24. The van der Waals surface area contributed by atoms with Crippen molar-refractivity contribution in [3.05, 3.63) is 58.6 Å². The zero-order valence-electron chi connectivity index (χ0n) is 11.3. The maximum absolute atomic E-state index is 11.7. The Morgan fingerprint density at radius 3 is 2.59 bits per heavy atom. The first kappa shape index (κ1) is 15.7. The number of para-hydroxylation sites is 1. The molecule has 2 aromatic rings. The molecule has 7 heteroatoms. The maximum atomic E-state index is 11.7. The van der Waals surface area contributed by atoms with Gasteiger partial charge in [0.25, 0.3) is 0 Å². The van der Waals surface area contributed by atoms with Gasteiger partial charge in [-0.1, -0.05) is 24.3 Å². The number of rotatable bonds is 3. The monoisotopic (exact) mass is 361 g/mol. The van der Waals surface area contributed by atoms with Gasteiger partial charge in [-0.25, -0.2) is 5.43 Å². The number of carbonyl (C=O) groups excluding carboxylic acids is 2. The highest BCUT2D eigenvalue weighted by Gasteiger charge is 2.13. The lowest BCUT2D eigenvalue weighted by molar-refractivity contribution is -0.136. The van der Waals surface area contributed by atoms with Gasteiger partial charge in [0.1, 0.15) is 5.75 Å². The highest BCUT2D eigenvalue weighted by atomic mass is 79.9. The summed E-state index contributed by atoms with van der Waals surface area (Å²) in [6, 6.07) is 13.2. The predicted octanol–water partition coefficient (Wildman–Crippen LogP) is 2.24. The topological polar surface area (TPSA) is 90.8 Å². The molecule has 22 heavy (non-hydrogen) atoms. The number of phenolic OH excluding ortho intramolecular Hbond substituents is 1. The number of hydrogen-bond donors (Lipinski definition) is 3. The Morgan fingerprint density at radius 1 is 1.09 bits per heavy atom. The zero-order valence-corrected chi connectivity index (χ0v) is 12.9. The Labute approximate surface area is 135 Å². The number of carbonyl (C=O) groups is 2. The minimum absolute atomic E-state index is 0.0851. The van der Waals surface area contributed by atoms with Crippen molar-refractivity contribution in [2.75, 3.05) is 5.32 Å². The van der Waals surface area contributed by atoms with Crippen LogP contribution in [0.2, 0.25) is 0 Å². The minimum atomic E-state index is -0.896. The molecule has 0 aromatic heterocycles. The average molecular weight is 362 g/mol. The fourth-order valence-electron chi connectivity index (χ4n) is 1.56. The number of halogens is 1. The molecule has 6 nitrogen and oxygen atoms in total. The predicted molar refractivity (Wildman–Crippen MR) is 86.6 cm³/mol. The Bertz CT molecular complexity index is 731. The van der Waals surface area contributed by atoms with Gasteiger partial charge in [-0.15, -0.1) is 0 Å². The Hall–Kier alpha value is -2.67. The van der Waals surface area contributed by atoms with Gasteiger partial charge < -0.3 is 10.4 Å². The molecule has 0 aliphatic heterocycles. The summed E-state index contributed by atoms with van der Waals surface area (Å²) in [6.45, 7) is 0. The summed E-state index contributed by atoms with van der Waals surface area (Å²) >= 11 is 3.26. The lowest BCUT2D eigenvalue weighted by atomic mass is 10.2. The molecule has 0 radical (unpaired) electrons. The van der Waals surface area contributed by atoms with Crippen LogP contribution in [0.25, 0.3) is 0 Å². The molecular formula is C15H12BrN3O3. The fraction of sp³-hybridized carbons (Fsp3) is 0. The first-order valence-corrected chi connectivity index (χ1v) is 7.03. The minimum Gasteiger partial charge on any atom is -0.508 e. The summed E-state index contributed by atoms with van der Waals surface area (Å²) < 4.78 is 0.666. The highest BCUT2D eigenvalue weighted by Crippen LogP contribution is 2.20. The van der Waals surface area contributed by atoms with E-state index in [2.05, 4.69) is 31.8 Å². The molecule has 0 spiro atoms. The van der Waals surface area contributed by atoms with E-state index in [-0.39, 0.29) is 5.75 Å². The van der Waals surface area contributed by atoms with Crippen LogP contribution in [0.1, 0.15) is 5.56 Å². The maximum Gasteiger partial charge on any atom is 0.329 e. The van der Waals surface area contributed by atoms with E-state index in [0.717, 1.165) is 0 Å². The zero-order chi connectivity index (χ0) is 15.9. The van der Waals surface area contributed by atoms with Crippen LogP contribution in [0.15, 0.2) is 58.1 Å². The lowest BCUT2D eigenvalue weighted by Crippen LogP contribution is -2.32. The van der Waals surface area contributed by atoms with Crippen LogP contribution in [-0.2, 0) is 9.59 Å². The van der Waals surface area contributed by atoms with Crippen LogP contribution in [-0.4, -0.2) is 23.1 Å². The molecule has 0 aliphatic rings. The third-order valence-electron chi connectivity index (χ3n) is 2.58. The van der Waals surface area contributed by atoms with Crippen molar-refractivity contribution in [2.45, 2.75) is 0 Å². The molecule has 2 aromatic carbocycles. The summed E-state index contributed by atoms with van der Waals surface area (Å²) in [5, 5.41) is 15.4.